The van der Waals surface area contributed by atoms with E-state index < -0.39 is 0 Å². The molecule has 0 saturated heterocycles. The number of likely N-dealkylation sites (N-methyl/N-ethyl adjacent to an activating group) is 1. The predicted octanol–water partition coefficient (Wildman–Crippen LogP) is 2.75. The van der Waals surface area contributed by atoms with Crippen LogP contribution in [-0.2, 0) is 11.2 Å². The van der Waals surface area contributed by atoms with Gasteiger partial charge in [0.2, 0.25) is 0 Å². The van der Waals surface area contributed by atoms with E-state index in [9.17, 15) is 4.39 Å². The summed E-state index contributed by atoms with van der Waals surface area (Å²) in [5.41, 5.74) is 0.700. The number of benzene rings is 1. The van der Waals surface area contributed by atoms with Crippen LogP contribution in [0.5, 0.6) is 0 Å². The normalized spacial score (nSPS) is 14.8. The van der Waals surface area contributed by atoms with Crippen LogP contribution in [0.1, 0.15) is 12.5 Å². The van der Waals surface area contributed by atoms with E-state index in [1.54, 1.807) is 13.2 Å². The Hall–Kier alpha value is -0.450. The van der Waals surface area contributed by atoms with Gasteiger partial charge < -0.3 is 10.1 Å². The molecular weight excluding hydrogens is 273 g/mol. The van der Waals surface area contributed by atoms with E-state index in [1.165, 1.54) is 6.07 Å². The van der Waals surface area contributed by atoms with Crippen LogP contribution >= 0.6 is 15.9 Å². The van der Waals surface area contributed by atoms with Crippen molar-refractivity contribution < 1.29 is 9.13 Å². The standard InChI is InChI=1S/C12H17BrFNO/c1-8(16-3)12(15-2)6-9-4-5-10(13)7-11(9)14/h4-5,7-8,12,15H,6H2,1-3H3. The van der Waals surface area contributed by atoms with Gasteiger partial charge in [-0.1, -0.05) is 22.0 Å². The van der Waals surface area contributed by atoms with E-state index in [0.717, 1.165) is 4.47 Å². The van der Waals surface area contributed by atoms with Gasteiger partial charge in [-0.15, -0.1) is 0 Å². The molecule has 1 aromatic rings. The zero-order chi connectivity index (χ0) is 12.1. The van der Waals surface area contributed by atoms with Gasteiger partial charge in [-0.05, 0) is 38.1 Å². The van der Waals surface area contributed by atoms with Crippen LogP contribution in [0.15, 0.2) is 22.7 Å². The second kappa shape index (κ2) is 6.33. The average Bonchev–Trinajstić information content (AvgIpc) is 2.27. The molecule has 1 N–H and O–H groups in total. The topological polar surface area (TPSA) is 21.3 Å². The molecule has 2 unspecified atom stereocenters. The van der Waals surface area contributed by atoms with Gasteiger partial charge in [-0.3, -0.25) is 0 Å². The molecule has 0 heterocycles. The van der Waals surface area contributed by atoms with Gasteiger partial charge >= 0.3 is 0 Å². The largest absolute Gasteiger partial charge is 0.380 e. The lowest BCUT2D eigenvalue weighted by atomic mass is 10.0. The van der Waals surface area contributed by atoms with Gasteiger partial charge in [0.15, 0.2) is 0 Å². The molecule has 0 aliphatic carbocycles. The van der Waals surface area contributed by atoms with Crippen molar-refractivity contribution in [3.05, 3.63) is 34.1 Å². The van der Waals surface area contributed by atoms with Crippen molar-refractivity contribution in [2.24, 2.45) is 0 Å². The number of nitrogens with one attached hydrogen (secondary N) is 1. The van der Waals surface area contributed by atoms with Crippen molar-refractivity contribution in [1.82, 2.24) is 5.32 Å². The van der Waals surface area contributed by atoms with Crippen LogP contribution in [0.4, 0.5) is 4.39 Å². The fourth-order valence-electron chi connectivity index (χ4n) is 1.59. The Bertz CT molecular complexity index is 346. The molecule has 0 spiro atoms. The molecule has 4 heteroatoms. The molecule has 0 amide bonds. The Morgan fingerprint density at radius 2 is 2.19 bits per heavy atom. The first-order valence-corrected chi connectivity index (χ1v) is 6.01. The van der Waals surface area contributed by atoms with Gasteiger partial charge in [0.1, 0.15) is 5.82 Å². The summed E-state index contributed by atoms with van der Waals surface area (Å²) in [6, 6.07) is 5.24. The molecule has 0 bridgehead atoms. The maximum Gasteiger partial charge on any atom is 0.127 e. The number of hydrogen-bond donors (Lipinski definition) is 1. The molecule has 2 atom stereocenters. The third-order valence-electron chi connectivity index (χ3n) is 2.76. The summed E-state index contributed by atoms with van der Waals surface area (Å²) >= 11 is 3.24. The van der Waals surface area contributed by atoms with Crippen molar-refractivity contribution in [3.8, 4) is 0 Å². The number of ether oxygens (including phenoxy) is 1. The van der Waals surface area contributed by atoms with E-state index in [2.05, 4.69) is 21.2 Å². The minimum absolute atomic E-state index is 0.0491. The fourth-order valence-corrected chi connectivity index (χ4v) is 1.92. The molecule has 1 rings (SSSR count). The highest BCUT2D eigenvalue weighted by Crippen LogP contribution is 2.17. The summed E-state index contributed by atoms with van der Waals surface area (Å²) in [6.07, 6.45) is 0.665. The van der Waals surface area contributed by atoms with Gasteiger partial charge in [-0.25, -0.2) is 4.39 Å². The number of hydrogen-bond acceptors (Lipinski definition) is 2. The molecule has 16 heavy (non-hydrogen) atoms. The Balaban J connectivity index is 2.78. The molecule has 0 aromatic heterocycles. The van der Waals surface area contributed by atoms with Crippen LogP contribution in [0, 0.1) is 5.82 Å². The van der Waals surface area contributed by atoms with Crippen molar-refractivity contribution in [3.63, 3.8) is 0 Å². The highest BCUT2D eigenvalue weighted by Gasteiger charge is 2.17. The van der Waals surface area contributed by atoms with Crippen LogP contribution < -0.4 is 5.32 Å². The zero-order valence-electron chi connectivity index (χ0n) is 9.76. The molecule has 2 nitrogen and oxygen atoms in total. The van der Waals surface area contributed by atoms with Gasteiger partial charge in [0.25, 0.3) is 0 Å². The molecule has 0 aliphatic heterocycles. The Kier molecular flexibility index (Phi) is 5.38. The SMILES string of the molecule is CNC(Cc1ccc(Br)cc1F)C(C)OC. The maximum atomic E-state index is 13.6. The highest BCUT2D eigenvalue weighted by molar-refractivity contribution is 9.10. The van der Waals surface area contributed by atoms with Crippen LogP contribution in [0.2, 0.25) is 0 Å². The highest BCUT2D eigenvalue weighted by atomic mass is 79.9. The summed E-state index contributed by atoms with van der Waals surface area (Å²) in [7, 11) is 3.52. The van der Waals surface area contributed by atoms with Gasteiger partial charge in [0, 0.05) is 17.6 Å². The Morgan fingerprint density at radius 1 is 1.50 bits per heavy atom. The van der Waals surface area contributed by atoms with Crippen molar-refractivity contribution >= 4 is 15.9 Å². The van der Waals surface area contributed by atoms with Gasteiger partial charge in [-0.2, -0.15) is 0 Å². The maximum absolute atomic E-state index is 13.6. The van der Waals surface area contributed by atoms with E-state index in [1.807, 2.05) is 20.0 Å². The lowest BCUT2D eigenvalue weighted by molar-refractivity contribution is 0.0854. The minimum atomic E-state index is -0.182. The molecule has 0 aliphatic rings. The predicted molar refractivity (Wildman–Crippen MR) is 67.1 cm³/mol. The molecule has 0 fully saturated rings. The van der Waals surface area contributed by atoms with Crippen molar-refractivity contribution in [1.29, 1.82) is 0 Å². The van der Waals surface area contributed by atoms with Crippen LogP contribution in [0.25, 0.3) is 0 Å². The third-order valence-corrected chi connectivity index (χ3v) is 3.26. The first kappa shape index (κ1) is 13.6. The summed E-state index contributed by atoms with van der Waals surface area (Å²) in [6.45, 7) is 1.97. The zero-order valence-corrected chi connectivity index (χ0v) is 11.3. The molecular formula is C12H17BrFNO. The monoisotopic (exact) mass is 289 g/mol. The molecule has 1 aromatic carbocycles. The number of halogens is 2. The third kappa shape index (κ3) is 3.54. The smallest absolute Gasteiger partial charge is 0.127 e. The molecule has 90 valence electrons. The fraction of sp³-hybridized carbons (Fsp3) is 0.500. The summed E-state index contributed by atoms with van der Waals surface area (Å²) in [4.78, 5) is 0. The lowest BCUT2D eigenvalue weighted by Gasteiger charge is -2.22. The number of rotatable bonds is 5. The first-order chi connectivity index (χ1) is 7.58. The molecule has 0 radical (unpaired) electrons. The molecule has 0 saturated carbocycles. The van der Waals surface area contributed by atoms with Crippen molar-refractivity contribution in [2.45, 2.75) is 25.5 Å². The summed E-state index contributed by atoms with van der Waals surface area (Å²) < 4.78 is 19.6. The van der Waals surface area contributed by atoms with E-state index in [-0.39, 0.29) is 18.0 Å². The van der Waals surface area contributed by atoms with E-state index in [4.69, 9.17) is 4.74 Å². The lowest BCUT2D eigenvalue weighted by Crippen LogP contribution is -2.39. The number of methoxy groups -OCH3 is 1. The summed E-state index contributed by atoms with van der Waals surface area (Å²) in [5.74, 6) is -0.182. The van der Waals surface area contributed by atoms with Crippen LogP contribution in [-0.4, -0.2) is 26.3 Å². The van der Waals surface area contributed by atoms with Crippen LogP contribution in [0.3, 0.4) is 0 Å². The first-order valence-electron chi connectivity index (χ1n) is 5.22. The minimum Gasteiger partial charge on any atom is -0.380 e. The Morgan fingerprint density at radius 3 is 2.69 bits per heavy atom. The Labute approximate surface area is 104 Å². The van der Waals surface area contributed by atoms with Crippen molar-refractivity contribution in [2.75, 3.05) is 14.2 Å². The van der Waals surface area contributed by atoms with E-state index in [0.29, 0.717) is 12.0 Å². The second-order valence-electron chi connectivity index (χ2n) is 3.78. The van der Waals surface area contributed by atoms with E-state index >= 15 is 0 Å². The quantitative estimate of drug-likeness (QED) is 0.900. The summed E-state index contributed by atoms with van der Waals surface area (Å²) in [5, 5.41) is 3.14. The van der Waals surface area contributed by atoms with Gasteiger partial charge in [0.05, 0.1) is 6.10 Å². The second-order valence-corrected chi connectivity index (χ2v) is 4.69. The average molecular weight is 290 g/mol.